The highest BCUT2D eigenvalue weighted by molar-refractivity contribution is 5.85. The Kier molecular flexibility index (Phi) is 8.30. The first-order valence-electron chi connectivity index (χ1n) is 6.17. The zero-order chi connectivity index (χ0) is 13.8. The fourth-order valence-corrected chi connectivity index (χ4v) is 2.36. The van der Waals surface area contributed by atoms with Crippen molar-refractivity contribution in [3.8, 4) is 11.8 Å². The molecule has 0 saturated carbocycles. The summed E-state index contributed by atoms with van der Waals surface area (Å²) < 4.78 is 13.4. The Morgan fingerprint density at radius 1 is 1.38 bits per heavy atom. The van der Waals surface area contributed by atoms with E-state index < -0.39 is 5.82 Å². The monoisotopic (exact) mass is 333 g/mol. The molecule has 0 radical (unpaired) electrons. The lowest BCUT2D eigenvalue weighted by Crippen LogP contribution is -2.44. The quantitative estimate of drug-likeness (QED) is 0.834. The van der Waals surface area contributed by atoms with Crippen molar-refractivity contribution in [3.63, 3.8) is 0 Å². The SMILES string of the molecule is C=C[C@@H](c1ccc(F)c(C#N)c1O)N1CCNCC1.Cl.Cl. The van der Waals surface area contributed by atoms with Crippen LogP contribution in [0.15, 0.2) is 24.8 Å². The fourth-order valence-electron chi connectivity index (χ4n) is 2.36. The molecule has 1 heterocycles. The summed E-state index contributed by atoms with van der Waals surface area (Å²) in [5, 5.41) is 22.2. The second-order valence-electron chi connectivity index (χ2n) is 4.44. The van der Waals surface area contributed by atoms with Gasteiger partial charge >= 0.3 is 0 Å². The minimum Gasteiger partial charge on any atom is -0.506 e. The van der Waals surface area contributed by atoms with Crippen LogP contribution >= 0.6 is 24.8 Å². The van der Waals surface area contributed by atoms with Crippen LogP contribution in [-0.4, -0.2) is 36.2 Å². The zero-order valence-corrected chi connectivity index (χ0v) is 13.0. The maximum atomic E-state index is 13.4. The Balaban J connectivity index is 0.00000200. The van der Waals surface area contributed by atoms with Gasteiger partial charge in [-0.15, -0.1) is 31.4 Å². The second-order valence-corrected chi connectivity index (χ2v) is 4.44. The first kappa shape index (κ1) is 19.7. The van der Waals surface area contributed by atoms with Gasteiger partial charge in [-0.05, 0) is 6.07 Å². The van der Waals surface area contributed by atoms with Crippen molar-refractivity contribution in [2.24, 2.45) is 0 Å². The van der Waals surface area contributed by atoms with E-state index in [9.17, 15) is 9.50 Å². The number of rotatable bonds is 3. The molecule has 0 aliphatic carbocycles. The minimum atomic E-state index is -0.702. The van der Waals surface area contributed by atoms with E-state index in [2.05, 4.69) is 16.8 Å². The molecule has 1 aromatic carbocycles. The Bertz CT molecular complexity index is 528. The van der Waals surface area contributed by atoms with Crippen LogP contribution in [-0.2, 0) is 0 Å². The van der Waals surface area contributed by atoms with E-state index in [0.29, 0.717) is 5.56 Å². The van der Waals surface area contributed by atoms with Crippen LogP contribution in [0.1, 0.15) is 17.2 Å². The molecular formula is C14H18Cl2FN3O. The number of phenols is 1. The number of phenolic OH excluding ortho intramolecular Hbond substituents is 1. The van der Waals surface area contributed by atoms with Gasteiger partial charge in [0, 0.05) is 31.7 Å². The molecule has 1 fully saturated rings. The molecule has 1 atom stereocenters. The number of hydrogen-bond acceptors (Lipinski definition) is 4. The third-order valence-corrected chi connectivity index (χ3v) is 3.36. The fraction of sp³-hybridized carbons (Fsp3) is 0.357. The Labute approximate surface area is 136 Å². The van der Waals surface area contributed by atoms with Crippen LogP contribution in [0.3, 0.4) is 0 Å². The van der Waals surface area contributed by atoms with Crippen LogP contribution in [0.5, 0.6) is 5.75 Å². The number of halogens is 3. The molecule has 0 unspecified atom stereocenters. The molecule has 1 aliphatic heterocycles. The highest BCUT2D eigenvalue weighted by atomic mass is 35.5. The second kappa shape index (κ2) is 8.85. The lowest BCUT2D eigenvalue weighted by Gasteiger charge is -2.33. The number of nitrogens with one attached hydrogen (secondary N) is 1. The molecule has 116 valence electrons. The molecular weight excluding hydrogens is 316 g/mol. The van der Waals surface area contributed by atoms with Gasteiger partial charge < -0.3 is 10.4 Å². The van der Waals surface area contributed by atoms with E-state index in [-0.39, 0.29) is 42.2 Å². The summed E-state index contributed by atoms with van der Waals surface area (Å²) in [7, 11) is 0. The summed E-state index contributed by atoms with van der Waals surface area (Å²) in [4.78, 5) is 2.14. The van der Waals surface area contributed by atoms with Gasteiger partial charge in [0.05, 0.1) is 6.04 Å². The normalized spacial score (nSPS) is 16.0. The minimum absolute atomic E-state index is 0. The summed E-state index contributed by atoms with van der Waals surface area (Å²) in [6.45, 7) is 7.13. The molecule has 1 aromatic rings. The summed E-state index contributed by atoms with van der Waals surface area (Å²) in [5.74, 6) is -0.988. The maximum absolute atomic E-state index is 13.4. The average molecular weight is 334 g/mol. The molecule has 21 heavy (non-hydrogen) atoms. The predicted octanol–water partition coefficient (Wildman–Crippen LogP) is 2.38. The molecule has 4 nitrogen and oxygen atoms in total. The third kappa shape index (κ3) is 4.08. The zero-order valence-electron chi connectivity index (χ0n) is 11.4. The van der Waals surface area contributed by atoms with Crippen LogP contribution in [0.4, 0.5) is 4.39 Å². The first-order chi connectivity index (χ1) is 9.19. The van der Waals surface area contributed by atoms with Gasteiger partial charge in [0.1, 0.15) is 23.2 Å². The van der Waals surface area contributed by atoms with Crippen molar-refractivity contribution in [2.45, 2.75) is 6.04 Å². The summed E-state index contributed by atoms with van der Waals surface area (Å²) in [5.41, 5.74) is 0.217. The maximum Gasteiger partial charge on any atom is 0.144 e. The molecule has 1 saturated heterocycles. The van der Waals surface area contributed by atoms with Crippen molar-refractivity contribution < 1.29 is 9.50 Å². The van der Waals surface area contributed by atoms with Gasteiger partial charge in [-0.1, -0.05) is 12.1 Å². The Hall–Kier alpha value is -1.32. The largest absolute Gasteiger partial charge is 0.506 e. The van der Waals surface area contributed by atoms with Crippen molar-refractivity contribution >= 4 is 24.8 Å². The van der Waals surface area contributed by atoms with Gasteiger partial charge in [0.15, 0.2) is 0 Å². The number of hydrogen-bond donors (Lipinski definition) is 2. The Morgan fingerprint density at radius 3 is 2.52 bits per heavy atom. The molecule has 0 amide bonds. The molecule has 0 bridgehead atoms. The summed E-state index contributed by atoms with van der Waals surface area (Å²) >= 11 is 0. The van der Waals surface area contributed by atoms with Crippen molar-refractivity contribution in [2.75, 3.05) is 26.2 Å². The number of aromatic hydroxyl groups is 1. The van der Waals surface area contributed by atoms with E-state index in [0.717, 1.165) is 26.2 Å². The van der Waals surface area contributed by atoms with Crippen LogP contribution in [0.2, 0.25) is 0 Å². The van der Waals surface area contributed by atoms with E-state index in [4.69, 9.17) is 5.26 Å². The van der Waals surface area contributed by atoms with E-state index in [1.165, 1.54) is 12.1 Å². The van der Waals surface area contributed by atoms with E-state index in [1.807, 2.05) is 0 Å². The lowest BCUT2D eigenvalue weighted by atomic mass is 10.00. The molecule has 2 N–H and O–H groups in total. The van der Waals surface area contributed by atoms with Crippen molar-refractivity contribution in [3.05, 3.63) is 41.7 Å². The molecule has 0 aromatic heterocycles. The van der Waals surface area contributed by atoms with Gasteiger partial charge in [-0.25, -0.2) is 4.39 Å². The van der Waals surface area contributed by atoms with E-state index in [1.54, 1.807) is 12.1 Å². The van der Waals surface area contributed by atoms with E-state index >= 15 is 0 Å². The van der Waals surface area contributed by atoms with Gasteiger partial charge in [-0.2, -0.15) is 5.26 Å². The lowest BCUT2D eigenvalue weighted by molar-refractivity contribution is 0.200. The van der Waals surface area contributed by atoms with Crippen molar-refractivity contribution in [1.82, 2.24) is 10.2 Å². The summed E-state index contributed by atoms with van der Waals surface area (Å²) in [6, 6.07) is 4.21. The average Bonchev–Trinajstić information content (AvgIpc) is 2.44. The molecule has 7 heteroatoms. The predicted molar refractivity (Wildman–Crippen MR) is 84.7 cm³/mol. The van der Waals surface area contributed by atoms with Gasteiger partial charge in [0.25, 0.3) is 0 Å². The first-order valence-corrected chi connectivity index (χ1v) is 6.17. The Morgan fingerprint density at radius 2 is 2.00 bits per heavy atom. The number of benzene rings is 1. The third-order valence-electron chi connectivity index (χ3n) is 3.36. The standard InChI is InChI=1S/C14H16FN3O.2ClH/c1-2-13(18-7-5-17-6-8-18)10-3-4-12(15)11(9-16)14(10)19;;/h2-4,13,17,19H,1,5-8H2;2*1H/t13-;;/m0../s1. The van der Waals surface area contributed by atoms with Crippen LogP contribution in [0.25, 0.3) is 0 Å². The number of piperazine rings is 1. The summed E-state index contributed by atoms with van der Waals surface area (Å²) in [6.07, 6.45) is 1.71. The van der Waals surface area contributed by atoms with Gasteiger partial charge in [0.2, 0.25) is 0 Å². The molecule has 2 rings (SSSR count). The van der Waals surface area contributed by atoms with Crippen LogP contribution < -0.4 is 5.32 Å². The van der Waals surface area contributed by atoms with Crippen LogP contribution in [0, 0.1) is 17.1 Å². The topological polar surface area (TPSA) is 59.3 Å². The number of nitriles is 1. The number of nitrogens with zero attached hydrogens (tertiary/aromatic N) is 2. The highest BCUT2D eigenvalue weighted by Crippen LogP contribution is 2.33. The molecule has 0 spiro atoms. The van der Waals surface area contributed by atoms with Crippen molar-refractivity contribution in [1.29, 1.82) is 5.26 Å². The smallest absolute Gasteiger partial charge is 0.144 e. The highest BCUT2D eigenvalue weighted by Gasteiger charge is 2.24. The van der Waals surface area contributed by atoms with Gasteiger partial charge in [-0.3, -0.25) is 4.90 Å². The molecule has 1 aliphatic rings.